The zero-order chi connectivity index (χ0) is 21.8. The topological polar surface area (TPSA) is 121 Å². The van der Waals surface area contributed by atoms with Crippen LogP contribution < -0.4 is 10.5 Å². The molecule has 8 heteroatoms. The molecule has 0 atom stereocenters. The summed E-state index contributed by atoms with van der Waals surface area (Å²) >= 11 is 0. The monoisotopic (exact) mass is 411 g/mol. The summed E-state index contributed by atoms with van der Waals surface area (Å²) in [5, 5.41) is 26.9. The van der Waals surface area contributed by atoms with Gasteiger partial charge in [-0.05, 0) is 17.9 Å². The standard InChI is InChI=1S/C23H16N4O4/c28-22-11-10-15(12-21(22)27(30)31)14-24-26-23(29)18-13-20(16-6-2-1-3-7-16)25-19-9-5-4-8-17(18)19/h1-14,28H,(H,26,29)/p-1/b24-14-. The summed E-state index contributed by atoms with van der Waals surface area (Å²) in [6.45, 7) is 0. The highest BCUT2D eigenvalue weighted by Gasteiger charge is 2.13. The van der Waals surface area contributed by atoms with Gasteiger partial charge in [0.15, 0.2) is 0 Å². The van der Waals surface area contributed by atoms with E-state index in [1.165, 1.54) is 12.3 Å². The van der Waals surface area contributed by atoms with E-state index in [-0.39, 0.29) is 0 Å². The summed E-state index contributed by atoms with van der Waals surface area (Å²) in [7, 11) is 0. The number of hydrogen-bond acceptors (Lipinski definition) is 6. The fourth-order valence-electron chi connectivity index (χ4n) is 3.10. The third kappa shape index (κ3) is 4.23. The minimum Gasteiger partial charge on any atom is -0.868 e. The molecule has 4 aromatic rings. The number of nitrogens with zero attached hydrogens (tertiary/aromatic N) is 3. The minimum absolute atomic E-state index is 0.316. The maximum atomic E-state index is 12.9. The second kappa shape index (κ2) is 8.42. The second-order valence-corrected chi connectivity index (χ2v) is 6.62. The first kappa shape index (κ1) is 19.7. The Morgan fingerprint density at radius 1 is 1.00 bits per heavy atom. The molecule has 1 aromatic heterocycles. The third-order valence-electron chi connectivity index (χ3n) is 4.59. The molecule has 3 aromatic carbocycles. The van der Waals surface area contributed by atoms with Crippen LogP contribution in [0.2, 0.25) is 0 Å². The highest BCUT2D eigenvalue weighted by molar-refractivity contribution is 6.07. The molecule has 0 radical (unpaired) electrons. The highest BCUT2D eigenvalue weighted by atomic mass is 16.6. The summed E-state index contributed by atoms with van der Waals surface area (Å²) < 4.78 is 0. The van der Waals surface area contributed by atoms with E-state index in [2.05, 4.69) is 15.5 Å². The fourth-order valence-corrected chi connectivity index (χ4v) is 3.10. The summed E-state index contributed by atoms with van der Waals surface area (Å²) in [5.41, 5.74) is 4.78. The molecule has 0 saturated carbocycles. The van der Waals surface area contributed by atoms with E-state index in [9.17, 15) is 20.0 Å². The van der Waals surface area contributed by atoms with E-state index in [0.717, 1.165) is 17.7 Å². The van der Waals surface area contributed by atoms with Crippen molar-refractivity contribution < 1.29 is 14.8 Å². The Hall–Kier alpha value is -4.59. The number of amides is 1. The molecule has 152 valence electrons. The molecule has 0 bridgehead atoms. The molecule has 1 N–H and O–H groups in total. The number of rotatable bonds is 5. The van der Waals surface area contributed by atoms with Gasteiger partial charge in [-0.3, -0.25) is 14.9 Å². The normalized spacial score (nSPS) is 11.0. The Labute approximate surface area is 176 Å². The molecule has 8 nitrogen and oxygen atoms in total. The van der Waals surface area contributed by atoms with Crippen molar-refractivity contribution in [1.29, 1.82) is 0 Å². The third-order valence-corrected chi connectivity index (χ3v) is 4.59. The number of hydrazone groups is 1. The minimum atomic E-state index is -0.757. The van der Waals surface area contributed by atoms with Crippen LogP contribution in [0, 0.1) is 10.1 Å². The molecule has 0 spiro atoms. The molecule has 31 heavy (non-hydrogen) atoms. The maximum absolute atomic E-state index is 12.9. The summed E-state index contributed by atoms with van der Waals surface area (Å²) in [6.07, 6.45) is 1.24. The van der Waals surface area contributed by atoms with Crippen LogP contribution in [0.1, 0.15) is 15.9 Å². The molecule has 1 heterocycles. The van der Waals surface area contributed by atoms with Crippen LogP contribution in [0.25, 0.3) is 22.2 Å². The van der Waals surface area contributed by atoms with Gasteiger partial charge < -0.3 is 5.11 Å². The van der Waals surface area contributed by atoms with Crippen LogP contribution in [0.4, 0.5) is 5.69 Å². The molecule has 4 rings (SSSR count). The number of benzene rings is 3. The van der Waals surface area contributed by atoms with Gasteiger partial charge in [0.25, 0.3) is 11.6 Å². The number of nitrogens with one attached hydrogen (secondary N) is 1. The van der Waals surface area contributed by atoms with Crippen molar-refractivity contribution in [2.75, 3.05) is 0 Å². The number of fused-ring (bicyclic) bond motifs is 1. The lowest BCUT2D eigenvalue weighted by molar-refractivity contribution is -0.398. The Bertz CT molecular complexity index is 1320. The van der Waals surface area contributed by atoms with Crippen molar-refractivity contribution >= 4 is 28.7 Å². The molecule has 0 aliphatic rings. The first-order valence-corrected chi connectivity index (χ1v) is 9.27. The number of carbonyl (C=O) groups excluding carboxylic acids is 1. The Morgan fingerprint density at radius 2 is 1.74 bits per heavy atom. The summed E-state index contributed by atoms with van der Waals surface area (Å²) in [6, 6.07) is 22.1. The van der Waals surface area contributed by atoms with Crippen molar-refractivity contribution in [3.8, 4) is 17.0 Å². The van der Waals surface area contributed by atoms with Gasteiger partial charge in [-0.1, -0.05) is 60.7 Å². The van der Waals surface area contributed by atoms with Crippen LogP contribution in [0.15, 0.2) is 84.0 Å². The lowest BCUT2D eigenvalue weighted by Gasteiger charge is -2.09. The summed E-state index contributed by atoms with van der Waals surface area (Å²) in [4.78, 5) is 27.6. The second-order valence-electron chi connectivity index (χ2n) is 6.62. The van der Waals surface area contributed by atoms with Gasteiger partial charge in [0.05, 0.1) is 27.9 Å². The molecule has 0 aliphatic heterocycles. The smallest absolute Gasteiger partial charge is 0.272 e. The van der Waals surface area contributed by atoms with E-state index in [0.29, 0.717) is 27.7 Å². The average molecular weight is 411 g/mol. The largest absolute Gasteiger partial charge is 0.868 e. The van der Waals surface area contributed by atoms with E-state index in [1.807, 2.05) is 48.5 Å². The molecular formula is C23H15N4O4-. The Balaban J connectivity index is 1.64. The Kier molecular flexibility index (Phi) is 5.35. The van der Waals surface area contributed by atoms with Crippen molar-refractivity contribution in [1.82, 2.24) is 10.4 Å². The van der Waals surface area contributed by atoms with Gasteiger partial charge in [-0.25, -0.2) is 10.4 Å². The molecule has 0 unspecified atom stereocenters. The van der Waals surface area contributed by atoms with Gasteiger partial charge in [0, 0.05) is 22.6 Å². The molecule has 0 saturated heterocycles. The van der Waals surface area contributed by atoms with Crippen molar-refractivity contribution in [3.05, 3.63) is 100 Å². The van der Waals surface area contributed by atoms with Crippen LogP contribution in [0.3, 0.4) is 0 Å². The number of nitro groups is 1. The molecule has 0 aliphatic carbocycles. The van der Waals surface area contributed by atoms with Crippen molar-refractivity contribution in [2.24, 2.45) is 5.10 Å². The quantitative estimate of drug-likeness (QED) is 0.305. The lowest BCUT2D eigenvalue weighted by Crippen LogP contribution is -2.18. The van der Waals surface area contributed by atoms with Gasteiger partial charge in [-0.15, -0.1) is 0 Å². The predicted molar refractivity (Wildman–Crippen MR) is 115 cm³/mol. The molecule has 1 amide bonds. The fraction of sp³-hybridized carbons (Fsp3) is 0. The van der Waals surface area contributed by atoms with E-state index in [1.54, 1.807) is 12.1 Å². The van der Waals surface area contributed by atoms with Gasteiger partial charge in [0.2, 0.25) is 0 Å². The Morgan fingerprint density at radius 3 is 2.52 bits per heavy atom. The SMILES string of the molecule is O=C(N/N=C\c1ccc([O-])c([N+](=O)[O-])c1)c1cc(-c2ccccc2)nc2ccccc12. The lowest BCUT2D eigenvalue weighted by atomic mass is 10.0. The zero-order valence-electron chi connectivity index (χ0n) is 16.1. The number of hydrogen-bond donors (Lipinski definition) is 1. The number of aromatic nitrogens is 1. The zero-order valence-corrected chi connectivity index (χ0v) is 16.1. The van der Waals surface area contributed by atoms with Gasteiger partial charge in [0.1, 0.15) is 0 Å². The van der Waals surface area contributed by atoms with Crippen LogP contribution in [-0.2, 0) is 0 Å². The van der Waals surface area contributed by atoms with E-state index in [4.69, 9.17) is 0 Å². The first-order chi connectivity index (χ1) is 15.0. The first-order valence-electron chi connectivity index (χ1n) is 9.27. The van der Waals surface area contributed by atoms with Gasteiger partial charge >= 0.3 is 0 Å². The number of carbonyl (C=O) groups is 1. The molecular weight excluding hydrogens is 396 g/mol. The van der Waals surface area contributed by atoms with Crippen molar-refractivity contribution in [2.45, 2.75) is 0 Å². The van der Waals surface area contributed by atoms with E-state index >= 15 is 0 Å². The average Bonchev–Trinajstić information content (AvgIpc) is 2.79. The highest BCUT2D eigenvalue weighted by Crippen LogP contribution is 2.25. The van der Waals surface area contributed by atoms with E-state index < -0.39 is 22.3 Å². The number of para-hydroxylation sites is 1. The predicted octanol–water partition coefficient (Wildman–Crippen LogP) is 3.65. The van der Waals surface area contributed by atoms with Gasteiger partial charge in [-0.2, -0.15) is 5.10 Å². The number of nitro benzene ring substituents is 1. The number of pyridine rings is 1. The summed E-state index contributed by atoms with van der Waals surface area (Å²) in [5.74, 6) is -1.15. The van der Waals surface area contributed by atoms with Crippen molar-refractivity contribution in [3.63, 3.8) is 0 Å². The maximum Gasteiger partial charge on any atom is 0.272 e. The molecule has 0 fully saturated rings. The van der Waals surface area contributed by atoms with Crippen LogP contribution >= 0.6 is 0 Å². The van der Waals surface area contributed by atoms with Crippen LogP contribution in [0.5, 0.6) is 5.75 Å². The van der Waals surface area contributed by atoms with Crippen LogP contribution in [-0.4, -0.2) is 22.0 Å².